The number of halogens is 1. The third-order valence-electron chi connectivity index (χ3n) is 4.28. The molecule has 0 amide bonds. The van der Waals surface area contributed by atoms with Crippen molar-refractivity contribution in [3.63, 3.8) is 0 Å². The topological polar surface area (TPSA) is 52.8 Å². The summed E-state index contributed by atoms with van der Waals surface area (Å²) >= 11 is 5.94. The van der Waals surface area contributed by atoms with E-state index >= 15 is 0 Å². The molecular formula is C16H24ClNO2S. The van der Waals surface area contributed by atoms with Crippen LogP contribution in [-0.2, 0) is 5.41 Å². The molecule has 0 aromatic heterocycles. The second-order valence-corrected chi connectivity index (χ2v) is 10.4. The summed E-state index contributed by atoms with van der Waals surface area (Å²) in [6.07, 6.45) is 4.62. The highest BCUT2D eigenvalue weighted by Gasteiger charge is 2.44. The normalized spacial score (nSPS) is 30.7. The van der Waals surface area contributed by atoms with E-state index in [2.05, 4.69) is 4.40 Å². The monoisotopic (exact) mass is 329 g/mol. The summed E-state index contributed by atoms with van der Waals surface area (Å²) in [6, 6.07) is 7.65. The molecule has 2 rings (SSSR count). The van der Waals surface area contributed by atoms with Gasteiger partial charge in [-0.05, 0) is 61.8 Å². The molecule has 1 aromatic carbocycles. The zero-order chi connectivity index (χ0) is 15.9. The molecule has 1 saturated carbocycles. The summed E-state index contributed by atoms with van der Waals surface area (Å²) in [7, 11) is -2.08. The lowest BCUT2D eigenvalue weighted by atomic mass is 9.63. The van der Waals surface area contributed by atoms with Crippen molar-refractivity contribution in [2.75, 3.05) is 6.26 Å². The molecule has 1 unspecified atom stereocenters. The van der Waals surface area contributed by atoms with Crippen molar-refractivity contribution >= 4 is 28.3 Å². The lowest BCUT2D eigenvalue weighted by molar-refractivity contribution is 0.0523. The molecule has 1 aromatic rings. The number of hydrogen-bond donors (Lipinski definition) is 2. The van der Waals surface area contributed by atoms with Crippen LogP contribution in [0.2, 0.25) is 5.02 Å². The second kappa shape index (κ2) is 5.58. The first-order chi connectivity index (χ1) is 9.56. The molecule has 1 fully saturated rings. The summed E-state index contributed by atoms with van der Waals surface area (Å²) in [5.74, 6) is 0. The van der Waals surface area contributed by atoms with E-state index in [4.69, 9.17) is 11.6 Å². The van der Waals surface area contributed by atoms with Crippen LogP contribution in [0.3, 0.4) is 0 Å². The van der Waals surface area contributed by atoms with Crippen LogP contribution in [0, 0.1) is 0 Å². The molecule has 1 atom stereocenters. The smallest absolute Gasteiger partial charge is 0.0564 e. The van der Waals surface area contributed by atoms with Gasteiger partial charge in [0.1, 0.15) is 0 Å². The maximum absolute atomic E-state index is 10.6. The van der Waals surface area contributed by atoms with Gasteiger partial charge in [0.15, 0.2) is 0 Å². The number of aliphatic hydroxyl groups is 1. The summed E-state index contributed by atoms with van der Waals surface area (Å²) in [5.41, 5.74) is 0.803. The lowest BCUT2D eigenvalue weighted by Gasteiger charge is -2.45. The Bertz CT molecular complexity index is 528. The van der Waals surface area contributed by atoms with Gasteiger partial charge in [0, 0.05) is 27.7 Å². The predicted octanol–water partition coefficient (Wildman–Crippen LogP) is 4.42. The number of aliphatic hydroxyl groups excluding tert-OH is 1. The zero-order valence-corrected chi connectivity index (χ0v) is 14.6. The maximum atomic E-state index is 10.6. The molecule has 2 N–H and O–H groups in total. The molecule has 5 heteroatoms. The van der Waals surface area contributed by atoms with Gasteiger partial charge in [0.25, 0.3) is 0 Å². The minimum Gasteiger partial charge on any atom is -0.393 e. The van der Waals surface area contributed by atoms with Crippen LogP contribution >= 0.6 is 22.1 Å². The molecule has 0 aliphatic heterocycles. The first-order valence-corrected chi connectivity index (χ1v) is 9.40. The third-order valence-corrected chi connectivity index (χ3v) is 7.37. The number of hydrogen-bond acceptors (Lipinski definition) is 3. The Hall–Kier alpha value is -0.550. The van der Waals surface area contributed by atoms with E-state index in [9.17, 15) is 9.66 Å². The van der Waals surface area contributed by atoms with Crippen molar-refractivity contribution in [1.82, 2.24) is 0 Å². The highest BCUT2D eigenvalue weighted by Crippen LogP contribution is 2.54. The van der Waals surface area contributed by atoms with Gasteiger partial charge in [0.2, 0.25) is 0 Å². The Morgan fingerprint density at radius 1 is 1.29 bits per heavy atom. The predicted molar refractivity (Wildman–Crippen MR) is 92.8 cm³/mol. The van der Waals surface area contributed by atoms with Crippen LogP contribution < -0.4 is 0 Å². The molecule has 1 aliphatic rings. The van der Waals surface area contributed by atoms with Gasteiger partial charge in [-0.15, -0.1) is 0 Å². The van der Waals surface area contributed by atoms with Gasteiger partial charge in [0.05, 0.1) is 6.10 Å². The quantitative estimate of drug-likeness (QED) is 0.806. The lowest BCUT2D eigenvalue weighted by Crippen LogP contribution is -2.46. The van der Waals surface area contributed by atoms with Crippen molar-refractivity contribution in [2.45, 2.75) is 49.9 Å². The number of rotatable bonds is 3. The minimum absolute atomic E-state index is 0.271. The molecule has 0 saturated heterocycles. The van der Waals surface area contributed by atoms with E-state index in [0.29, 0.717) is 17.9 Å². The summed E-state index contributed by atoms with van der Waals surface area (Å²) in [6.45, 7) is 5.97. The molecule has 0 spiro atoms. The highest BCUT2D eigenvalue weighted by atomic mass is 35.5. The Balaban J connectivity index is 2.30. The van der Waals surface area contributed by atoms with Crippen LogP contribution in [0.4, 0.5) is 0 Å². The maximum Gasteiger partial charge on any atom is 0.0564 e. The van der Waals surface area contributed by atoms with E-state index in [1.807, 2.05) is 51.3 Å². The summed E-state index contributed by atoms with van der Waals surface area (Å²) in [4.78, 5) is 0. The van der Waals surface area contributed by atoms with E-state index in [1.54, 1.807) is 6.26 Å². The van der Waals surface area contributed by atoms with Crippen LogP contribution in [0.5, 0.6) is 0 Å². The first-order valence-electron chi connectivity index (χ1n) is 7.07. The van der Waals surface area contributed by atoms with Crippen molar-refractivity contribution < 1.29 is 9.66 Å². The van der Waals surface area contributed by atoms with Gasteiger partial charge in [-0.1, -0.05) is 23.7 Å². The average Bonchev–Trinajstić information content (AvgIpc) is 2.33. The van der Waals surface area contributed by atoms with Gasteiger partial charge < -0.3 is 9.66 Å². The molecule has 3 nitrogen and oxygen atoms in total. The summed E-state index contributed by atoms with van der Waals surface area (Å²) in [5, 5.41) is 10.4. The molecule has 0 heterocycles. The Kier molecular flexibility index (Phi) is 4.47. The van der Waals surface area contributed by atoms with Crippen molar-refractivity contribution in [3.05, 3.63) is 34.9 Å². The highest BCUT2D eigenvalue weighted by molar-refractivity contribution is 8.28. The fourth-order valence-electron chi connectivity index (χ4n) is 2.34. The van der Waals surface area contributed by atoms with Gasteiger partial charge in [-0.3, -0.25) is 0 Å². The number of nitrogens with zero attached hydrogens (tertiary/aromatic N) is 1. The van der Waals surface area contributed by atoms with Gasteiger partial charge in [-0.25, -0.2) is 4.40 Å². The van der Waals surface area contributed by atoms with Crippen molar-refractivity contribution in [3.8, 4) is 0 Å². The fraction of sp³-hybridized carbons (Fsp3) is 0.562. The van der Waals surface area contributed by atoms with E-state index in [1.165, 1.54) is 0 Å². The summed E-state index contributed by atoms with van der Waals surface area (Å²) < 4.78 is 14.8. The SMILES string of the molecule is CC(C)(C)S(C)(O)N=CC1(c2ccc(Cl)cc2)CC(O)C1. The minimum atomic E-state index is -2.08. The number of benzene rings is 1. The van der Waals surface area contributed by atoms with Crippen LogP contribution in [-0.4, -0.2) is 33.0 Å². The molecule has 0 bridgehead atoms. The molecule has 118 valence electrons. The molecule has 21 heavy (non-hydrogen) atoms. The van der Waals surface area contributed by atoms with Gasteiger partial charge >= 0.3 is 0 Å². The molecule has 1 aliphatic carbocycles. The van der Waals surface area contributed by atoms with Crippen molar-refractivity contribution in [1.29, 1.82) is 0 Å². The van der Waals surface area contributed by atoms with Crippen LogP contribution in [0.1, 0.15) is 39.2 Å². The van der Waals surface area contributed by atoms with Crippen LogP contribution in [0.25, 0.3) is 0 Å². The fourth-order valence-corrected chi connectivity index (χ4v) is 3.19. The van der Waals surface area contributed by atoms with E-state index < -0.39 is 10.5 Å². The van der Waals surface area contributed by atoms with Crippen molar-refractivity contribution in [2.24, 2.45) is 4.40 Å². The van der Waals surface area contributed by atoms with Gasteiger partial charge in [-0.2, -0.15) is 0 Å². The Morgan fingerprint density at radius 3 is 2.24 bits per heavy atom. The van der Waals surface area contributed by atoms with E-state index in [-0.39, 0.29) is 16.3 Å². The largest absolute Gasteiger partial charge is 0.393 e. The zero-order valence-electron chi connectivity index (χ0n) is 13.0. The standard InChI is InChI=1S/C16H24ClNO2S/c1-15(2,3)21(4,20)18-11-16(9-14(19)10-16)12-5-7-13(17)8-6-12/h5-8,11,14,19-20H,9-10H2,1-4H3. The Morgan fingerprint density at radius 2 is 1.81 bits per heavy atom. The first kappa shape index (κ1) is 16.8. The average molecular weight is 330 g/mol. The van der Waals surface area contributed by atoms with Crippen LogP contribution in [0.15, 0.2) is 28.7 Å². The molecular weight excluding hydrogens is 306 g/mol. The second-order valence-electron chi connectivity index (χ2n) is 6.91. The Labute approximate surface area is 133 Å². The van der Waals surface area contributed by atoms with E-state index in [0.717, 1.165) is 5.56 Å². The molecule has 0 radical (unpaired) electrons. The third kappa shape index (κ3) is 3.45.